The third-order valence-corrected chi connectivity index (χ3v) is 3.66. The summed E-state index contributed by atoms with van der Waals surface area (Å²) in [5.41, 5.74) is 8.76. The number of nitrogens with one attached hydrogen (secondary N) is 1. The maximum absolute atomic E-state index is 11.5. The molecule has 0 radical (unpaired) electrons. The van der Waals surface area contributed by atoms with Gasteiger partial charge in [0.15, 0.2) is 0 Å². The molecule has 20 heavy (non-hydrogen) atoms. The van der Waals surface area contributed by atoms with Crippen LogP contribution < -0.4 is 11.1 Å². The van der Waals surface area contributed by atoms with Crippen molar-refractivity contribution in [1.29, 1.82) is 0 Å². The van der Waals surface area contributed by atoms with Gasteiger partial charge in [-0.2, -0.15) is 0 Å². The first-order valence-corrected chi connectivity index (χ1v) is 7.11. The molecule has 1 aromatic carbocycles. The molecule has 3 N–H and O–H groups in total. The lowest BCUT2D eigenvalue weighted by molar-refractivity contribution is 0.0601. The van der Waals surface area contributed by atoms with Crippen LogP contribution in [0.3, 0.4) is 0 Å². The van der Waals surface area contributed by atoms with E-state index in [1.54, 1.807) is 29.5 Å². The van der Waals surface area contributed by atoms with E-state index >= 15 is 0 Å². The van der Waals surface area contributed by atoms with Crippen LogP contribution in [0.15, 0.2) is 23.6 Å². The van der Waals surface area contributed by atoms with E-state index in [0.29, 0.717) is 17.8 Å². The average molecular weight is 291 g/mol. The first-order chi connectivity index (χ1) is 9.60. The Morgan fingerprint density at radius 1 is 1.50 bits per heavy atom. The van der Waals surface area contributed by atoms with Crippen molar-refractivity contribution in [2.45, 2.75) is 13.3 Å². The number of thiazole rings is 1. The molecule has 1 heterocycles. The van der Waals surface area contributed by atoms with Crippen molar-refractivity contribution in [2.24, 2.45) is 0 Å². The first-order valence-electron chi connectivity index (χ1n) is 6.23. The predicted octanol–water partition coefficient (Wildman–Crippen LogP) is 2.47. The summed E-state index contributed by atoms with van der Waals surface area (Å²) in [6.07, 6.45) is 0.812. The summed E-state index contributed by atoms with van der Waals surface area (Å²) in [5, 5.41) is 6.33. The fourth-order valence-electron chi connectivity index (χ4n) is 1.80. The number of aromatic nitrogens is 1. The van der Waals surface area contributed by atoms with E-state index in [0.717, 1.165) is 22.8 Å². The van der Waals surface area contributed by atoms with Crippen molar-refractivity contribution in [3.8, 4) is 0 Å². The Hall–Kier alpha value is -2.08. The minimum Gasteiger partial charge on any atom is -0.465 e. The van der Waals surface area contributed by atoms with E-state index < -0.39 is 0 Å². The van der Waals surface area contributed by atoms with Crippen molar-refractivity contribution in [2.75, 3.05) is 24.7 Å². The van der Waals surface area contributed by atoms with Crippen LogP contribution in [0.4, 0.5) is 11.4 Å². The summed E-state index contributed by atoms with van der Waals surface area (Å²) >= 11 is 1.64. The normalized spacial score (nSPS) is 10.3. The molecular formula is C14H17N3O2S. The highest BCUT2D eigenvalue weighted by Gasteiger charge is 2.08. The Bertz CT molecular complexity index is 610. The topological polar surface area (TPSA) is 77.2 Å². The summed E-state index contributed by atoms with van der Waals surface area (Å²) in [7, 11) is 1.36. The van der Waals surface area contributed by atoms with Gasteiger partial charge in [-0.1, -0.05) is 0 Å². The van der Waals surface area contributed by atoms with Gasteiger partial charge in [0.25, 0.3) is 0 Å². The third kappa shape index (κ3) is 3.48. The number of nitrogens with two attached hydrogens (primary N) is 1. The molecule has 0 fully saturated rings. The molecule has 0 unspecified atom stereocenters. The highest BCUT2D eigenvalue weighted by Crippen LogP contribution is 2.20. The maximum atomic E-state index is 11.5. The SMILES string of the molecule is COC(=O)c1ccc(N)c(NCCc2csc(C)n2)c1. The van der Waals surface area contributed by atoms with Crippen LogP contribution in [0.1, 0.15) is 21.1 Å². The molecule has 0 aliphatic rings. The molecule has 2 rings (SSSR count). The van der Waals surface area contributed by atoms with E-state index in [-0.39, 0.29) is 5.97 Å². The van der Waals surface area contributed by atoms with Crippen molar-refractivity contribution >= 4 is 28.7 Å². The van der Waals surface area contributed by atoms with Crippen LogP contribution in [0.2, 0.25) is 0 Å². The van der Waals surface area contributed by atoms with Gasteiger partial charge in [-0.15, -0.1) is 11.3 Å². The second-order valence-electron chi connectivity index (χ2n) is 4.33. The molecule has 106 valence electrons. The van der Waals surface area contributed by atoms with Crippen LogP contribution in [0.25, 0.3) is 0 Å². The predicted molar refractivity (Wildman–Crippen MR) is 81.2 cm³/mol. The number of hydrogen-bond acceptors (Lipinski definition) is 6. The first kappa shape index (κ1) is 14.3. The quantitative estimate of drug-likeness (QED) is 0.653. The molecule has 0 bridgehead atoms. The Balaban J connectivity index is 1.99. The summed E-state index contributed by atoms with van der Waals surface area (Å²) in [6, 6.07) is 5.05. The standard InChI is InChI=1S/C14H17N3O2S/c1-9-17-11(8-20-9)5-6-16-13-7-10(14(18)19-2)3-4-12(13)15/h3-4,7-8,16H,5-6,15H2,1-2H3. The van der Waals surface area contributed by atoms with E-state index in [1.165, 1.54) is 7.11 Å². The molecule has 0 spiro atoms. The number of anilines is 2. The van der Waals surface area contributed by atoms with Crippen LogP contribution in [-0.2, 0) is 11.2 Å². The smallest absolute Gasteiger partial charge is 0.337 e. The lowest BCUT2D eigenvalue weighted by Gasteiger charge is -2.10. The lowest BCUT2D eigenvalue weighted by atomic mass is 10.1. The number of nitrogens with zero attached hydrogens (tertiary/aromatic N) is 1. The van der Waals surface area contributed by atoms with Gasteiger partial charge >= 0.3 is 5.97 Å². The highest BCUT2D eigenvalue weighted by molar-refractivity contribution is 7.09. The third-order valence-electron chi connectivity index (χ3n) is 2.84. The Morgan fingerprint density at radius 3 is 2.95 bits per heavy atom. The zero-order valence-electron chi connectivity index (χ0n) is 11.5. The largest absolute Gasteiger partial charge is 0.465 e. The summed E-state index contributed by atoms with van der Waals surface area (Å²) < 4.78 is 4.69. The van der Waals surface area contributed by atoms with Gasteiger partial charge in [0.1, 0.15) is 0 Å². The van der Waals surface area contributed by atoms with Crippen LogP contribution in [-0.4, -0.2) is 24.6 Å². The molecular weight excluding hydrogens is 274 g/mol. The van der Waals surface area contributed by atoms with Crippen molar-refractivity contribution < 1.29 is 9.53 Å². The second-order valence-corrected chi connectivity index (χ2v) is 5.39. The van der Waals surface area contributed by atoms with Crippen LogP contribution >= 0.6 is 11.3 Å². The number of carbonyl (C=O) groups is 1. The maximum Gasteiger partial charge on any atom is 0.337 e. The van der Waals surface area contributed by atoms with Crippen LogP contribution in [0.5, 0.6) is 0 Å². The number of carbonyl (C=O) groups excluding carboxylic acids is 1. The minimum atomic E-state index is -0.372. The zero-order valence-corrected chi connectivity index (χ0v) is 12.3. The van der Waals surface area contributed by atoms with Gasteiger partial charge in [0.05, 0.1) is 34.7 Å². The van der Waals surface area contributed by atoms with E-state index in [9.17, 15) is 4.79 Å². The Kier molecular flexibility index (Phi) is 4.57. The number of ether oxygens (including phenoxy) is 1. The molecule has 2 aromatic rings. The molecule has 0 aliphatic heterocycles. The number of rotatable bonds is 5. The molecule has 0 saturated carbocycles. The number of nitrogen functional groups attached to an aromatic ring is 1. The molecule has 0 aliphatic carbocycles. The lowest BCUT2D eigenvalue weighted by Crippen LogP contribution is -2.09. The molecule has 0 atom stereocenters. The molecule has 6 heteroatoms. The summed E-state index contributed by atoms with van der Waals surface area (Å²) in [4.78, 5) is 15.9. The molecule has 5 nitrogen and oxygen atoms in total. The summed E-state index contributed by atoms with van der Waals surface area (Å²) in [5.74, 6) is -0.372. The van der Waals surface area contributed by atoms with Gasteiger partial charge < -0.3 is 15.8 Å². The van der Waals surface area contributed by atoms with Crippen molar-refractivity contribution in [3.05, 3.63) is 39.8 Å². The Morgan fingerprint density at radius 2 is 2.30 bits per heavy atom. The van der Waals surface area contributed by atoms with Gasteiger partial charge in [-0.25, -0.2) is 9.78 Å². The number of benzene rings is 1. The highest BCUT2D eigenvalue weighted by atomic mass is 32.1. The van der Waals surface area contributed by atoms with Crippen LogP contribution in [0, 0.1) is 6.92 Å². The summed E-state index contributed by atoms with van der Waals surface area (Å²) in [6.45, 7) is 2.69. The van der Waals surface area contributed by atoms with Gasteiger partial charge in [0, 0.05) is 18.3 Å². The monoisotopic (exact) mass is 291 g/mol. The number of hydrogen-bond donors (Lipinski definition) is 2. The minimum absolute atomic E-state index is 0.372. The van der Waals surface area contributed by atoms with E-state index in [1.807, 2.05) is 12.3 Å². The Labute approximate surface area is 121 Å². The fraction of sp³-hybridized carbons (Fsp3) is 0.286. The average Bonchev–Trinajstić information content (AvgIpc) is 2.85. The second kappa shape index (κ2) is 6.38. The number of esters is 1. The van der Waals surface area contributed by atoms with Gasteiger partial charge in [0.2, 0.25) is 0 Å². The van der Waals surface area contributed by atoms with E-state index in [4.69, 9.17) is 10.5 Å². The van der Waals surface area contributed by atoms with Gasteiger partial charge in [-0.3, -0.25) is 0 Å². The fourth-order valence-corrected chi connectivity index (χ4v) is 2.45. The van der Waals surface area contributed by atoms with Gasteiger partial charge in [-0.05, 0) is 25.1 Å². The molecule has 0 amide bonds. The van der Waals surface area contributed by atoms with Crippen molar-refractivity contribution in [1.82, 2.24) is 4.98 Å². The number of methoxy groups -OCH3 is 1. The molecule has 1 aromatic heterocycles. The zero-order chi connectivity index (χ0) is 14.5. The number of aryl methyl sites for hydroxylation is 1. The molecule has 0 saturated heterocycles. The van der Waals surface area contributed by atoms with E-state index in [2.05, 4.69) is 10.3 Å². The van der Waals surface area contributed by atoms with Crippen molar-refractivity contribution in [3.63, 3.8) is 0 Å².